The van der Waals surface area contributed by atoms with Gasteiger partial charge < -0.3 is 4.90 Å². The Hall–Kier alpha value is -1.82. The van der Waals surface area contributed by atoms with Gasteiger partial charge in [0.15, 0.2) is 0 Å². The van der Waals surface area contributed by atoms with Crippen LogP contribution in [-0.4, -0.2) is 37.4 Å². The van der Waals surface area contributed by atoms with E-state index >= 15 is 0 Å². The predicted molar refractivity (Wildman–Crippen MR) is 81.1 cm³/mol. The monoisotopic (exact) mass is 309 g/mol. The quantitative estimate of drug-likeness (QED) is 0.849. The zero-order valence-electron chi connectivity index (χ0n) is 12.8. The van der Waals surface area contributed by atoms with E-state index in [0.717, 1.165) is 23.5 Å². The van der Waals surface area contributed by atoms with Crippen LogP contribution in [0.5, 0.6) is 0 Å². The number of hydrogen-bond donors (Lipinski definition) is 0. The summed E-state index contributed by atoms with van der Waals surface area (Å²) >= 11 is 5.79. The molecule has 0 aliphatic rings. The summed E-state index contributed by atoms with van der Waals surface area (Å²) in [7, 11) is 1.79. The number of carbonyl (C=O) groups is 1. The molecule has 2 heterocycles. The molecule has 0 aromatic carbocycles. The first-order chi connectivity index (χ1) is 9.92. The van der Waals surface area contributed by atoms with Gasteiger partial charge in [0.2, 0.25) is 5.91 Å². The molecule has 0 saturated heterocycles. The highest BCUT2D eigenvalue weighted by Gasteiger charge is 2.16. The zero-order chi connectivity index (χ0) is 15.6. The van der Waals surface area contributed by atoms with Crippen LogP contribution < -0.4 is 0 Å². The van der Waals surface area contributed by atoms with Crippen molar-refractivity contribution in [3.8, 4) is 0 Å². The molecule has 0 aliphatic carbocycles. The molecule has 1 amide bonds. The summed E-state index contributed by atoms with van der Waals surface area (Å²) in [6, 6.07) is 0. The van der Waals surface area contributed by atoms with Gasteiger partial charge in [0.1, 0.15) is 6.54 Å². The van der Waals surface area contributed by atoms with E-state index in [2.05, 4.69) is 17.1 Å². The molecular weight excluding hydrogens is 290 g/mol. The van der Waals surface area contributed by atoms with Crippen molar-refractivity contribution < 1.29 is 4.79 Å². The van der Waals surface area contributed by atoms with Crippen molar-refractivity contribution >= 4 is 17.5 Å². The molecule has 0 N–H and O–H groups in total. The van der Waals surface area contributed by atoms with E-state index < -0.39 is 0 Å². The zero-order valence-corrected chi connectivity index (χ0v) is 13.6. The lowest BCUT2D eigenvalue weighted by Gasteiger charge is -2.17. The van der Waals surface area contributed by atoms with E-state index in [1.54, 1.807) is 18.1 Å². The predicted octanol–water partition coefficient (Wildman–Crippen LogP) is 2.03. The second kappa shape index (κ2) is 6.30. The number of nitrogens with zero attached hydrogens (tertiary/aromatic N) is 5. The topological polar surface area (TPSA) is 56.0 Å². The summed E-state index contributed by atoms with van der Waals surface area (Å²) < 4.78 is 3.49. The molecule has 0 saturated carbocycles. The van der Waals surface area contributed by atoms with Crippen molar-refractivity contribution in [2.45, 2.75) is 40.4 Å². The summed E-state index contributed by atoms with van der Waals surface area (Å²) in [5, 5.41) is 9.02. The van der Waals surface area contributed by atoms with E-state index in [1.807, 2.05) is 18.5 Å². The highest BCUT2D eigenvalue weighted by atomic mass is 35.5. The van der Waals surface area contributed by atoms with Crippen LogP contribution in [0.15, 0.2) is 12.4 Å². The lowest BCUT2D eigenvalue weighted by atomic mass is 10.2. The number of aryl methyl sites for hydroxylation is 2. The van der Waals surface area contributed by atoms with Gasteiger partial charge in [-0.3, -0.25) is 14.2 Å². The van der Waals surface area contributed by atoms with Gasteiger partial charge >= 0.3 is 0 Å². The third-order valence-electron chi connectivity index (χ3n) is 3.55. The van der Waals surface area contributed by atoms with Gasteiger partial charge in [-0.25, -0.2) is 0 Å². The molecule has 2 aromatic heterocycles. The minimum absolute atomic E-state index is 0.0159. The van der Waals surface area contributed by atoms with Crippen LogP contribution in [0.4, 0.5) is 0 Å². The third kappa shape index (κ3) is 3.44. The normalized spacial score (nSPS) is 10.9. The molecule has 0 atom stereocenters. The lowest BCUT2D eigenvalue weighted by Crippen LogP contribution is -2.30. The summed E-state index contributed by atoms with van der Waals surface area (Å²) in [5.74, 6) is -0.0159. The maximum Gasteiger partial charge on any atom is 0.244 e. The Balaban J connectivity index is 2.05. The largest absolute Gasteiger partial charge is 0.340 e. The molecule has 7 heteroatoms. The van der Waals surface area contributed by atoms with E-state index in [4.69, 9.17) is 11.6 Å². The van der Waals surface area contributed by atoms with Crippen molar-refractivity contribution in [1.29, 1.82) is 0 Å². The van der Waals surface area contributed by atoms with E-state index in [9.17, 15) is 4.79 Å². The maximum absolute atomic E-state index is 12.2. The Bertz CT molecular complexity index is 646. The molecule has 21 heavy (non-hydrogen) atoms. The van der Waals surface area contributed by atoms with Crippen molar-refractivity contribution in [3.63, 3.8) is 0 Å². The average Bonchev–Trinajstić information content (AvgIpc) is 2.96. The van der Waals surface area contributed by atoms with Crippen LogP contribution in [0.3, 0.4) is 0 Å². The van der Waals surface area contributed by atoms with Crippen LogP contribution in [0, 0.1) is 13.8 Å². The second-order valence-electron chi connectivity index (χ2n) is 5.07. The fourth-order valence-corrected chi connectivity index (χ4v) is 2.44. The Kier molecular flexibility index (Phi) is 4.67. The van der Waals surface area contributed by atoms with Crippen LogP contribution in [0.1, 0.15) is 23.9 Å². The van der Waals surface area contributed by atoms with Crippen molar-refractivity contribution in [1.82, 2.24) is 24.5 Å². The van der Waals surface area contributed by atoms with E-state index in [-0.39, 0.29) is 12.5 Å². The molecule has 2 rings (SSSR count). The first-order valence-corrected chi connectivity index (χ1v) is 7.25. The standard InChI is InChI=1S/C14H20ClN5O/c1-5-20-11(3)13(10(2)17-20)8-18(4)14(21)9-19-7-12(15)6-16-19/h6-7H,5,8-9H2,1-4H3. The molecule has 6 nitrogen and oxygen atoms in total. The fourth-order valence-electron chi connectivity index (χ4n) is 2.28. The minimum Gasteiger partial charge on any atom is -0.340 e. The first-order valence-electron chi connectivity index (χ1n) is 6.87. The number of carbonyl (C=O) groups excluding carboxylic acids is 1. The van der Waals surface area contributed by atoms with E-state index in [0.29, 0.717) is 11.6 Å². The van der Waals surface area contributed by atoms with Gasteiger partial charge in [0.25, 0.3) is 0 Å². The van der Waals surface area contributed by atoms with Crippen molar-refractivity contribution in [2.75, 3.05) is 7.05 Å². The first kappa shape index (κ1) is 15.6. The summed E-state index contributed by atoms with van der Waals surface area (Å²) in [6.45, 7) is 7.62. The Morgan fingerprint density at radius 1 is 1.43 bits per heavy atom. The maximum atomic E-state index is 12.2. The molecule has 0 unspecified atom stereocenters. The van der Waals surface area contributed by atoms with Gasteiger partial charge in [-0.05, 0) is 20.8 Å². The van der Waals surface area contributed by atoms with Gasteiger partial charge in [0, 0.05) is 37.6 Å². The molecule has 114 valence electrons. The fraction of sp³-hybridized carbons (Fsp3) is 0.500. The summed E-state index contributed by atoms with van der Waals surface area (Å²) in [5.41, 5.74) is 3.18. The van der Waals surface area contributed by atoms with Gasteiger partial charge in [-0.1, -0.05) is 11.6 Å². The van der Waals surface area contributed by atoms with Crippen molar-refractivity contribution in [2.24, 2.45) is 0 Å². The van der Waals surface area contributed by atoms with Gasteiger partial charge in [-0.2, -0.15) is 10.2 Å². The van der Waals surface area contributed by atoms with Crippen LogP contribution in [-0.2, 0) is 24.4 Å². The molecule has 0 bridgehead atoms. The van der Waals surface area contributed by atoms with Crippen molar-refractivity contribution in [3.05, 3.63) is 34.4 Å². The van der Waals surface area contributed by atoms with E-state index in [1.165, 1.54) is 10.9 Å². The number of halogens is 1. The average molecular weight is 310 g/mol. The smallest absolute Gasteiger partial charge is 0.244 e. The molecule has 0 aliphatic heterocycles. The number of likely N-dealkylation sites (N-methyl/N-ethyl adjacent to an activating group) is 1. The SMILES string of the molecule is CCn1nc(C)c(CN(C)C(=O)Cn2cc(Cl)cn2)c1C. The van der Waals surface area contributed by atoms with Crippen LogP contribution in [0.25, 0.3) is 0 Å². The number of aromatic nitrogens is 4. The summed E-state index contributed by atoms with van der Waals surface area (Å²) in [4.78, 5) is 13.9. The number of amides is 1. The Morgan fingerprint density at radius 2 is 2.14 bits per heavy atom. The Labute approximate surface area is 129 Å². The molecule has 0 fully saturated rings. The molecular formula is C14H20ClN5O. The Morgan fingerprint density at radius 3 is 2.67 bits per heavy atom. The second-order valence-corrected chi connectivity index (χ2v) is 5.51. The van der Waals surface area contributed by atoms with Gasteiger partial charge in [0.05, 0.1) is 16.9 Å². The van der Waals surface area contributed by atoms with Crippen LogP contribution >= 0.6 is 11.6 Å². The molecule has 2 aromatic rings. The number of rotatable bonds is 5. The number of hydrogen-bond acceptors (Lipinski definition) is 3. The van der Waals surface area contributed by atoms with Crippen LogP contribution in [0.2, 0.25) is 5.02 Å². The highest BCUT2D eigenvalue weighted by molar-refractivity contribution is 6.30. The molecule has 0 spiro atoms. The van der Waals surface area contributed by atoms with Gasteiger partial charge in [-0.15, -0.1) is 0 Å². The third-order valence-corrected chi connectivity index (χ3v) is 3.75. The summed E-state index contributed by atoms with van der Waals surface area (Å²) in [6.07, 6.45) is 3.16. The minimum atomic E-state index is -0.0159. The molecule has 0 radical (unpaired) electrons. The highest BCUT2D eigenvalue weighted by Crippen LogP contribution is 2.15. The lowest BCUT2D eigenvalue weighted by molar-refractivity contribution is -0.131.